The molecule has 6 heteroatoms. The number of esters is 3. The molecular weight excluding hydrogens is 757 g/mol. The average molecular weight is 843 g/mol. The topological polar surface area (TPSA) is 78.9 Å². The Balaban J connectivity index is 4.65. The normalized spacial score (nSPS) is 13.2. The Labute approximate surface area is 373 Å². The summed E-state index contributed by atoms with van der Waals surface area (Å²) >= 11 is 0. The highest BCUT2D eigenvalue weighted by molar-refractivity contribution is 5.71. The Morgan fingerprint density at radius 3 is 1.25 bits per heavy atom. The van der Waals surface area contributed by atoms with Crippen LogP contribution in [0.4, 0.5) is 0 Å². The molecule has 61 heavy (non-hydrogen) atoms. The Bertz CT molecular complexity index is 1340. The SMILES string of the molecule is CC/C=C/C=C/C=C/C=C/C=C/CCCC(=O)OC(COC(=O)CC/C=C/C/C=C/CCCCCCCC)COC(=O)CCC/C=C/C/C=C/C/C=C/CCCCCCCC. The Kier molecular flexibility index (Phi) is 45.1. The van der Waals surface area contributed by atoms with Gasteiger partial charge in [-0.3, -0.25) is 14.4 Å². The molecule has 0 saturated heterocycles. The fourth-order valence-electron chi connectivity index (χ4n) is 5.95. The lowest BCUT2D eigenvalue weighted by atomic mass is 10.1. The first-order valence-electron chi connectivity index (χ1n) is 24.1. The van der Waals surface area contributed by atoms with Gasteiger partial charge in [0.1, 0.15) is 13.2 Å². The van der Waals surface area contributed by atoms with Gasteiger partial charge >= 0.3 is 17.9 Å². The van der Waals surface area contributed by atoms with Crippen LogP contribution in [0.15, 0.2) is 122 Å². The van der Waals surface area contributed by atoms with Crippen molar-refractivity contribution >= 4 is 17.9 Å². The number of unbranched alkanes of at least 4 members (excludes halogenated alkanes) is 14. The molecule has 0 heterocycles. The van der Waals surface area contributed by atoms with Crippen molar-refractivity contribution in [2.24, 2.45) is 0 Å². The maximum atomic E-state index is 12.7. The monoisotopic (exact) mass is 843 g/mol. The minimum atomic E-state index is -0.860. The summed E-state index contributed by atoms with van der Waals surface area (Å²) in [5, 5.41) is 0. The molecule has 0 aromatic heterocycles. The fraction of sp³-hybridized carbons (Fsp3) is 0.582. The first-order valence-corrected chi connectivity index (χ1v) is 24.1. The fourth-order valence-corrected chi connectivity index (χ4v) is 5.95. The van der Waals surface area contributed by atoms with Crippen molar-refractivity contribution in [3.8, 4) is 0 Å². The number of carbonyl (C=O) groups is 3. The number of carbonyl (C=O) groups excluding carboxylic acids is 3. The van der Waals surface area contributed by atoms with E-state index in [0.29, 0.717) is 25.7 Å². The zero-order valence-corrected chi connectivity index (χ0v) is 38.9. The molecule has 0 bridgehead atoms. The Morgan fingerprint density at radius 1 is 0.361 bits per heavy atom. The van der Waals surface area contributed by atoms with Crippen LogP contribution in [0, 0.1) is 0 Å². The molecule has 1 unspecified atom stereocenters. The quantitative estimate of drug-likeness (QED) is 0.0201. The zero-order valence-electron chi connectivity index (χ0n) is 38.9. The third-order valence-corrected chi connectivity index (χ3v) is 9.56. The first-order chi connectivity index (χ1) is 30.0. The Morgan fingerprint density at radius 2 is 0.738 bits per heavy atom. The van der Waals surface area contributed by atoms with Gasteiger partial charge in [-0.2, -0.15) is 0 Å². The van der Waals surface area contributed by atoms with Crippen LogP contribution < -0.4 is 0 Å². The van der Waals surface area contributed by atoms with E-state index < -0.39 is 12.1 Å². The minimum absolute atomic E-state index is 0.154. The van der Waals surface area contributed by atoms with Crippen molar-refractivity contribution in [3.63, 3.8) is 0 Å². The van der Waals surface area contributed by atoms with Gasteiger partial charge in [0.25, 0.3) is 0 Å². The highest BCUT2D eigenvalue weighted by Gasteiger charge is 2.19. The van der Waals surface area contributed by atoms with Crippen LogP contribution in [0.5, 0.6) is 0 Å². The second-order valence-corrected chi connectivity index (χ2v) is 15.4. The predicted octanol–water partition coefficient (Wildman–Crippen LogP) is 15.7. The smallest absolute Gasteiger partial charge is 0.306 e. The lowest BCUT2D eigenvalue weighted by molar-refractivity contribution is -0.166. The van der Waals surface area contributed by atoms with Crippen LogP contribution in [-0.4, -0.2) is 37.2 Å². The average Bonchev–Trinajstić information content (AvgIpc) is 3.26. The number of hydrogen-bond donors (Lipinski definition) is 0. The molecule has 0 aromatic rings. The molecule has 0 saturated carbocycles. The standard InChI is InChI=1S/C55H86O6/c1-4-7-10-13-16-19-22-25-26-27-28-31-33-36-39-42-45-48-54(57)60-51-52(61-55(58)49-46-43-40-37-34-30-24-21-18-15-12-9-6-3)50-59-53(56)47-44-41-38-35-32-29-23-20-17-14-11-8-5-2/h9,12,15,18,21,24-26,28-32,34,36-41,52H,4-8,10-11,13-14,16-17,19-20,22-23,27,33,35,42-51H2,1-3H3/b12-9+,18-15+,24-21+,26-25+,31-28+,32-29+,34-30+,39-36+,40-37+,41-38+. The number of allylic oxidation sites excluding steroid dienone is 20. The summed E-state index contributed by atoms with van der Waals surface area (Å²) in [5.41, 5.74) is 0. The van der Waals surface area contributed by atoms with Crippen LogP contribution in [0.25, 0.3) is 0 Å². The highest BCUT2D eigenvalue weighted by atomic mass is 16.6. The molecule has 0 rings (SSSR count). The minimum Gasteiger partial charge on any atom is -0.462 e. The van der Waals surface area contributed by atoms with Gasteiger partial charge in [-0.25, -0.2) is 0 Å². The van der Waals surface area contributed by atoms with Gasteiger partial charge in [-0.1, -0.05) is 206 Å². The molecular formula is C55H86O6. The van der Waals surface area contributed by atoms with Crippen molar-refractivity contribution in [1.29, 1.82) is 0 Å². The third-order valence-electron chi connectivity index (χ3n) is 9.56. The largest absolute Gasteiger partial charge is 0.462 e. The zero-order chi connectivity index (χ0) is 44.4. The number of hydrogen-bond acceptors (Lipinski definition) is 6. The second kappa shape index (κ2) is 48.5. The molecule has 0 spiro atoms. The van der Waals surface area contributed by atoms with Crippen LogP contribution in [0.2, 0.25) is 0 Å². The third kappa shape index (κ3) is 46.7. The van der Waals surface area contributed by atoms with Gasteiger partial charge in [0.2, 0.25) is 0 Å². The molecule has 0 aliphatic rings. The van der Waals surface area contributed by atoms with Crippen molar-refractivity contribution in [2.45, 2.75) is 194 Å². The lowest BCUT2D eigenvalue weighted by Gasteiger charge is -2.18. The molecule has 1 atom stereocenters. The van der Waals surface area contributed by atoms with Gasteiger partial charge in [-0.05, 0) is 83.5 Å². The molecule has 0 aliphatic heterocycles. The predicted molar refractivity (Wildman–Crippen MR) is 260 cm³/mol. The van der Waals surface area contributed by atoms with Crippen LogP contribution in [0.1, 0.15) is 188 Å². The van der Waals surface area contributed by atoms with Crippen molar-refractivity contribution in [3.05, 3.63) is 122 Å². The first kappa shape index (κ1) is 56.8. The van der Waals surface area contributed by atoms with Crippen LogP contribution in [0.3, 0.4) is 0 Å². The van der Waals surface area contributed by atoms with Crippen LogP contribution >= 0.6 is 0 Å². The number of rotatable bonds is 41. The van der Waals surface area contributed by atoms with E-state index in [9.17, 15) is 14.4 Å². The maximum absolute atomic E-state index is 12.7. The van der Waals surface area contributed by atoms with Gasteiger partial charge in [0.15, 0.2) is 6.10 Å². The van der Waals surface area contributed by atoms with E-state index in [2.05, 4.69) is 81.5 Å². The molecule has 0 amide bonds. The Hall–Kier alpha value is -4.19. The van der Waals surface area contributed by atoms with E-state index in [1.165, 1.54) is 83.5 Å². The summed E-state index contributed by atoms with van der Waals surface area (Å²) in [4.78, 5) is 37.8. The second-order valence-electron chi connectivity index (χ2n) is 15.4. The molecule has 0 N–H and O–H groups in total. The van der Waals surface area contributed by atoms with Crippen LogP contribution in [-0.2, 0) is 28.6 Å². The van der Waals surface area contributed by atoms with E-state index in [4.69, 9.17) is 14.2 Å². The molecule has 0 aliphatic carbocycles. The molecule has 0 aromatic carbocycles. The van der Waals surface area contributed by atoms with Crippen molar-refractivity contribution in [2.75, 3.05) is 13.2 Å². The molecule has 0 radical (unpaired) electrons. The lowest BCUT2D eigenvalue weighted by Crippen LogP contribution is -2.30. The van der Waals surface area contributed by atoms with Gasteiger partial charge < -0.3 is 14.2 Å². The van der Waals surface area contributed by atoms with E-state index in [1.54, 1.807) is 0 Å². The summed E-state index contributed by atoms with van der Waals surface area (Å²) in [6.45, 7) is 6.29. The van der Waals surface area contributed by atoms with Gasteiger partial charge in [-0.15, -0.1) is 0 Å². The summed E-state index contributed by atoms with van der Waals surface area (Å²) in [6.07, 6.45) is 66.4. The van der Waals surface area contributed by atoms with Crippen molar-refractivity contribution < 1.29 is 28.6 Å². The van der Waals surface area contributed by atoms with Gasteiger partial charge in [0.05, 0.1) is 0 Å². The summed E-state index contributed by atoms with van der Waals surface area (Å²) in [6, 6.07) is 0. The molecule has 342 valence electrons. The van der Waals surface area contributed by atoms with Gasteiger partial charge in [0, 0.05) is 19.3 Å². The maximum Gasteiger partial charge on any atom is 0.306 e. The van der Waals surface area contributed by atoms with Crippen molar-refractivity contribution in [1.82, 2.24) is 0 Å². The molecule has 0 fully saturated rings. The number of ether oxygens (including phenoxy) is 3. The van der Waals surface area contributed by atoms with E-state index in [1.807, 2.05) is 60.8 Å². The summed E-state index contributed by atoms with van der Waals surface area (Å²) in [7, 11) is 0. The summed E-state index contributed by atoms with van der Waals surface area (Å²) in [5.74, 6) is -1.16. The van der Waals surface area contributed by atoms with E-state index in [-0.39, 0.29) is 44.4 Å². The summed E-state index contributed by atoms with van der Waals surface area (Å²) < 4.78 is 16.6. The highest BCUT2D eigenvalue weighted by Crippen LogP contribution is 2.10. The van der Waals surface area contributed by atoms with E-state index >= 15 is 0 Å². The van der Waals surface area contributed by atoms with E-state index in [0.717, 1.165) is 38.5 Å². The molecule has 6 nitrogen and oxygen atoms in total.